The number of carboxylic acid groups (broad SMARTS) is 3. The summed E-state index contributed by atoms with van der Waals surface area (Å²) >= 11 is 0. The molecule has 0 saturated carbocycles. The van der Waals surface area contributed by atoms with Crippen molar-refractivity contribution in [3.05, 3.63) is 93.6 Å². The van der Waals surface area contributed by atoms with Crippen LogP contribution in [-0.4, -0.2) is 53.3 Å². The largest absolute Gasteiger partial charge is 0.508 e. The second-order valence-electron chi connectivity index (χ2n) is 7.30. The fourth-order valence-electron chi connectivity index (χ4n) is 2.91. The molecule has 0 aliphatic rings. The number of nitrogens with one attached hydrogen (secondary N) is 3. The van der Waals surface area contributed by atoms with Crippen molar-refractivity contribution in [3.8, 4) is 0 Å². The highest BCUT2D eigenvalue weighted by molar-refractivity contribution is 6.16. The van der Waals surface area contributed by atoms with Gasteiger partial charge in [0.1, 0.15) is 16.9 Å². The van der Waals surface area contributed by atoms with Crippen molar-refractivity contribution in [1.29, 1.82) is 0 Å². The number of benzene rings is 2. The summed E-state index contributed by atoms with van der Waals surface area (Å²) in [5.41, 5.74) is -0.105. The molecule has 188 valence electrons. The number of H-pyrrole nitrogens is 1. The van der Waals surface area contributed by atoms with Gasteiger partial charge in [-0.2, -0.15) is 9.97 Å². The van der Waals surface area contributed by atoms with Crippen molar-refractivity contribution in [1.82, 2.24) is 15.0 Å². The van der Waals surface area contributed by atoms with Gasteiger partial charge in [0.05, 0.1) is 0 Å². The lowest BCUT2D eigenvalue weighted by atomic mass is 10.1. The van der Waals surface area contributed by atoms with Crippen molar-refractivity contribution < 1.29 is 34.8 Å². The molecule has 0 radical (unpaired) electrons. The molecule has 3 rings (SSSR count). The fourth-order valence-corrected chi connectivity index (χ4v) is 2.91. The maximum atomic E-state index is 12.0. The summed E-state index contributed by atoms with van der Waals surface area (Å²) in [6.07, 6.45) is 2.25. The highest BCUT2D eigenvalue weighted by atomic mass is 16.4. The number of carboxylic acids is 3. The Kier molecular flexibility index (Phi) is 7.79. The Hall–Kier alpha value is -5.72. The van der Waals surface area contributed by atoms with Gasteiger partial charge in [0.15, 0.2) is 0 Å². The molecule has 0 aliphatic carbocycles. The molecule has 2 aromatic carbocycles. The molecular weight excluding hydrogens is 486 g/mol. The van der Waals surface area contributed by atoms with E-state index in [1.54, 1.807) is 24.3 Å². The van der Waals surface area contributed by atoms with Gasteiger partial charge >= 0.3 is 23.6 Å². The molecule has 1 aromatic heterocycles. The summed E-state index contributed by atoms with van der Waals surface area (Å²) < 4.78 is 0. The summed E-state index contributed by atoms with van der Waals surface area (Å²) in [5, 5.41) is 42.1. The summed E-state index contributed by atoms with van der Waals surface area (Å²) in [4.78, 5) is 55.5. The number of aromatic amines is 1. The van der Waals surface area contributed by atoms with Gasteiger partial charge in [-0.1, -0.05) is 30.8 Å². The highest BCUT2D eigenvalue weighted by Gasteiger charge is 2.15. The van der Waals surface area contributed by atoms with Gasteiger partial charge < -0.3 is 31.1 Å². The van der Waals surface area contributed by atoms with Crippen LogP contribution in [0.5, 0.6) is 0 Å². The molecule has 13 nitrogen and oxygen atoms in total. The van der Waals surface area contributed by atoms with E-state index < -0.39 is 34.9 Å². The van der Waals surface area contributed by atoms with E-state index >= 15 is 0 Å². The smallest absolute Gasteiger partial charge is 0.351 e. The van der Waals surface area contributed by atoms with Crippen molar-refractivity contribution >= 4 is 53.3 Å². The van der Waals surface area contributed by atoms with Gasteiger partial charge in [0.25, 0.3) is 0 Å². The summed E-state index contributed by atoms with van der Waals surface area (Å²) in [6, 6.07) is 12.3. The first-order chi connectivity index (χ1) is 17.5. The lowest BCUT2D eigenvalue weighted by Gasteiger charge is -2.09. The Morgan fingerprint density at radius 1 is 0.730 bits per heavy atom. The molecule has 13 heteroatoms. The fraction of sp³-hybridized carbons (Fsp3) is 0. The van der Waals surface area contributed by atoms with Gasteiger partial charge in [-0.05, 0) is 47.5 Å². The molecule has 0 spiro atoms. The number of rotatable bonds is 10. The van der Waals surface area contributed by atoms with Crippen LogP contribution in [-0.2, 0) is 14.4 Å². The monoisotopic (exact) mass is 505 g/mol. The quantitative estimate of drug-likeness (QED) is 0.0696. The Balaban J connectivity index is 1.75. The van der Waals surface area contributed by atoms with Gasteiger partial charge in [-0.3, -0.25) is 4.98 Å². The summed E-state index contributed by atoms with van der Waals surface area (Å²) in [6.45, 7) is 3.22. The first-order valence-electron chi connectivity index (χ1n) is 10.3. The number of aliphatic hydroxyl groups is 1. The predicted molar refractivity (Wildman–Crippen MR) is 133 cm³/mol. The van der Waals surface area contributed by atoms with Crippen molar-refractivity contribution in [2.45, 2.75) is 0 Å². The third-order valence-electron chi connectivity index (χ3n) is 4.61. The van der Waals surface area contributed by atoms with E-state index in [0.717, 1.165) is 6.08 Å². The van der Waals surface area contributed by atoms with Gasteiger partial charge in [0, 0.05) is 11.4 Å². The average Bonchev–Trinajstić information content (AvgIpc) is 2.81. The lowest BCUT2D eigenvalue weighted by Crippen LogP contribution is -2.16. The van der Waals surface area contributed by atoms with Crippen LogP contribution >= 0.6 is 0 Å². The van der Waals surface area contributed by atoms with Crippen LogP contribution < -0.4 is 16.3 Å². The van der Waals surface area contributed by atoms with Crippen LogP contribution in [0.1, 0.15) is 11.1 Å². The van der Waals surface area contributed by atoms with Crippen molar-refractivity contribution in [2.75, 3.05) is 10.6 Å². The van der Waals surface area contributed by atoms with Crippen LogP contribution in [0, 0.1) is 0 Å². The Morgan fingerprint density at radius 3 is 1.65 bits per heavy atom. The number of hydrogen-bond donors (Lipinski definition) is 7. The number of aliphatic hydroxyl groups excluding tert-OH is 1. The Morgan fingerprint density at radius 2 is 1.19 bits per heavy atom. The third kappa shape index (κ3) is 7.13. The third-order valence-corrected chi connectivity index (χ3v) is 4.61. The van der Waals surface area contributed by atoms with E-state index in [1.807, 2.05) is 0 Å². The average molecular weight is 505 g/mol. The maximum Gasteiger partial charge on any atom is 0.351 e. The normalized spacial score (nSPS) is 10.8. The molecule has 37 heavy (non-hydrogen) atoms. The molecule has 0 amide bonds. The minimum atomic E-state index is -1.57. The lowest BCUT2D eigenvalue weighted by molar-refractivity contribution is -0.140. The van der Waals surface area contributed by atoms with Gasteiger partial charge in [-0.15, -0.1) is 0 Å². The Bertz CT molecular complexity index is 1350. The van der Waals surface area contributed by atoms with Gasteiger partial charge in [0.2, 0.25) is 11.9 Å². The van der Waals surface area contributed by atoms with E-state index in [2.05, 4.69) is 32.2 Å². The van der Waals surface area contributed by atoms with Crippen LogP contribution in [0.4, 0.5) is 23.3 Å². The number of aromatic nitrogens is 3. The maximum absolute atomic E-state index is 12.0. The predicted octanol–water partition coefficient (Wildman–Crippen LogP) is 2.74. The Labute approximate surface area is 207 Å². The second kappa shape index (κ2) is 11.1. The standard InChI is InChI=1S/C24H19N5O8/c1-12(30)17(19(31)32)10-13-2-6-15(7-3-13)25-22-27-23(29-24(37)28-22)26-16-8-4-14(5-9-16)11-18(20(33)34)21(35)36/h2-11,30H,1H2,(H,31,32)(H,33,34)(H,35,36)(H3,25,26,27,28,29,37)/b17-10-. The van der Waals surface area contributed by atoms with Crippen LogP contribution in [0.2, 0.25) is 0 Å². The number of anilines is 4. The zero-order chi connectivity index (χ0) is 27.1. The van der Waals surface area contributed by atoms with Crippen LogP contribution in [0.3, 0.4) is 0 Å². The molecule has 7 N–H and O–H groups in total. The van der Waals surface area contributed by atoms with Crippen molar-refractivity contribution in [3.63, 3.8) is 0 Å². The SMILES string of the molecule is C=C(O)/C(=C/c1ccc(Nc2nc(Nc3ccc(C=C(C(=O)O)C(=O)O)cc3)nc(=O)[nH]2)cc1)C(=O)O. The molecule has 0 aliphatic heterocycles. The molecule has 0 saturated heterocycles. The molecular formula is C24H19N5O8. The second-order valence-corrected chi connectivity index (χ2v) is 7.30. The van der Waals surface area contributed by atoms with E-state index in [1.165, 1.54) is 30.3 Å². The number of nitrogens with zero attached hydrogens (tertiary/aromatic N) is 2. The number of aliphatic carboxylic acids is 3. The molecule has 0 bridgehead atoms. The molecule has 3 aromatic rings. The first kappa shape index (κ1) is 25.9. The first-order valence-corrected chi connectivity index (χ1v) is 10.3. The molecule has 0 unspecified atom stereocenters. The topological polar surface area (TPSA) is 215 Å². The number of hydrogen-bond acceptors (Lipinski definition) is 9. The van der Waals surface area contributed by atoms with Gasteiger partial charge in [-0.25, -0.2) is 19.2 Å². The zero-order valence-electron chi connectivity index (χ0n) is 18.8. The molecule has 0 atom stereocenters. The minimum absolute atomic E-state index is 0.0489. The highest BCUT2D eigenvalue weighted by Crippen LogP contribution is 2.19. The molecule has 0 fully saturated rings. The van der Waals surface area contributed by atoms with E-state index in [9.17, 15) is 24.3 Å². The molecule has 1 heterocycles. The van der Waals surface area contributed by atoms with Crippen molar-refractivity contribution in [2.24, 2.45) is 0 Å². The number of carbonyl (C=O) groups is 3. The summed E-state index contributed by atoms with van der Waals surface area (Å²) in [7, 11) is 0. The van der Waals surface area contributed by atoms with E-state index in [-0.39, 0.29) is 17.5 Å². The summed E-state index contributed by atoms with van der Waals surface area (Å²) in [5.74, 6) is -5.06. The van der Waals surface area contributed by atoms with E-state index in [0.29, 0.717) is 22.5 Å². The van der Waals surface area contributed by atoms with Crippen LogP contribution in [0.15, 0.2) is 76.8 Å². The van der Waals surface area contributed by atoms with Crippen LogP contribution in [0.25, 0.3) is 12.2 Å². The zero-order valence-corrected chi connectivity index (χ0v) is 18.8. The minimum Gasteiger partial charge on any atom is -0.508 e. The van der Waals surface area contributed by atoms with E-state index in [4.69, 9.17) is 15.3 Å².